The van der Waals surface area contributed by atoms with Crippen LogP contribution in [0, 0.1) is 13.8 Å². The Kier molecular flexibility index (Phi) is 12.3. The summed E-state index contributed by atoms with van der Waals surface area (Å²) < 4.78 is 74.4. The molecule has 1 amide bonds. The molecular formula is C20H18Br2F6N2O4. The third kappa shape index (κ3) is 12.6. The maximum absolute atomic E-state index is 11.9. The van der Waals surface area contributed by atoms with Crippen molar-refractivity contribution in [1.82, 2.24) is 0 Å². The molecule has 0 bridgehead atoms. The lowest BCUT2D eigenvalue weighted by Gasteiger charge is -2.10. The molecular weight excluding hydrogens is 606 g/mol. The predicted octanol–water partition coefficient (Wildman–Crippen LogP) is 6.24. The molecule has 14 heteroatoms. The molecule has 0 aliphatic rings. The Morgan fingerprint density at radius 2 is 1.32 bits per heavy atom. The van der Waals surface area contributed by atoms with Gasteiger partial charge in [0.25, 0.3) is 0 Å². The van der Waals surface area contributed by atoms with Crippen LogP contribution < -0.4 is 11.1 Å². The van der Waals surface area contributed by atoms with Crippen molar-refractivity contribution in [3.05, 3.63) is 56.5 Å². The number of benzene rings is 2. The minimum atomic E-state index is -5.09. The van der Waals surface area contributed by atoms with Crippen LogP contribution in [0.1, 0.15) is 18.1 Å². The first kappa shape index (κ1) is 31.4. The van der Waals surface area contributed by atoms with Gasteiger partial charge in [-0.1, -0.05) is 31.9 Å². The molecule has 0 saturated carbocycles. The van der Waals surface area contributed by atoms with E-state index in [2.05, 4.69) is 36.6 Å². The highest BCUT2D eigenvalue weighted by Crippen LogP contribution is 2.23. The molecule has 0 radical (unpaired) electrons. The molecule has 0 aliphatic carbocycles. The van der Waals surface area contributed by atoms with E-state index >= 15 is 0 Å². The number of esters is 2. The van der Waals surface area contributed by atoms with Crippen LogP contribution in [0.15, 0.2) is 45.3 Å². The van der Waals surface area contributed by atoms with Crippen molar-refractivity contribution in [2.75, 3.05) is 11.1 Å². The standard InChI is InChI=1S/C9H7BrF3NO.C7H8BrN.C4H3F3O3/c1-5-4-6(10)2-3-7(5)14-8(15)9(11,12)13;1-5-4-6(8)2-3-7(5)9;1-2(8)10-3(9)4(5,6)7/h2-4H,1H3,(H,14,15);2-4H,9H2,1H3;1H3. The molecule has 0 saturated heterocycles. The molecule has 188 valence electrons. The maximum atomic E-state index is 11.9. The highest BCUT2D eigenvalue weighted by molar-refractivity contribution is 9.10. The van der Waals surface area contributed by atoms with Crippen molar-refractivity contribution in [1.29, 1.82) is 0 Å². The van der Waals surface area contributed by atoms with Crippen LogP contribution >= 0.6 is 31.9 Å². The van der Waals surface area contributed by atoms with Crippen molar-refractivity contribution < 1.29 is 45.5 Å². The summed E-state index contributed by atoms with van der Waals surface area (Å²) in [5, 5.41) is 1.79. The van der Waals surface area contributed by atoms with Gasteiger partial charge in [0.1, 0.15) is 0 Å². The van der Waals surface area contributed by atoms with Gasteiger partial charge < -0.3 is 15.8 Å². The van der Waals surface area contributed by atoms with E-state index < -0.39 is 30.2 Å². The first-order valence-electron chi connectivity index (χ1n) is 8.80. The largest absolute Gasteiger partial charge is 0.491 e. The summed E-state index contributed by atoms with van der Waals surface area (Å²) in [6.45, 7) is 4.31. The van der Waals surface area contributed by atoms with Gasteiger partial charge in [0.15, 0.2) is 0 Å². The molecule has 0 fully saturated rings. The quantitative estimate of drug-likeness (QED) is 0.170. The number of ether oxygens (including phenoxy) is 1. The number of nitrogens with two attached hydrogens (primary N) is 1. The van der Waals surface area contributed by atoms with Crippen LogP contribution in [-0.2, 0) is 19.1 Å². The van der Waals surface area contributed by atoms with E-state index in [1.165, 1.54) is 6.07 Å². The van der Waals surface area contributed by atoms with Gasteiger partial charge in [-0.15, -0.1) is 0 Å². The van der Waals surface area contributed by atoms with Gasteiger partial charge in [-0.25, -0.2) is 4.79 Å². The van der Waals surface area contributed by atoms with E-state index in [1.807, 2.05) is 25.1 Å². The molecule has 0 spiro atoms. The van der Waals surface area contributed by atoms with Crippen molar-refractivity contribution in [2.24, 2.45) is 0 Å². The summed E-state index contributed by atoms with van der Waals surface area (Å²) in [4.78, 5) is 30.1. The van der Waals surface area contributed by atoms with Crippen LogP contribution in [0.5, 0.6) is 0 Å². The second-order valence-electron chi connectivity index (χ2n) is 6.29. The van der Waals surface area contributed by atoms with Gasteiger partial charge in [-0.3, -0.25) is 9.59 Å². The maximum Gasteiger partial charge on any atom is 0.491 e. The summed E-state index contributed by atoms with van der Waals surface area (Å²) in [5.74, 6) is -5.73. The Morgan fingerprint density at radius 3 is 1.65 bits per heavy atom. The fourth-order valence-electron chi connectivity index (χ4n) is 1.79. The Bertz CT molecular complexity index is 1030. The second kappa shape index (κ2) is 13.3. The van der Waals surface area contributed by atoms with E-state index in [0.717, 1.165) is 20.2 Å². The Hall–Kier alpha value is -2.61. The predicted molar refractivity (Wildman–Crippen MR) is 120 cm³/mol. The number of nitrogens with one attached hydrogen (secondary N) is 1. The molecule has 0 unspecified atom stereocenters. The lowest BCUT2D eigenvalue weighted by Crippen LogP contribution is -2.30. The zero-order valence-corrected chi connectivity index (χ0v) is 20.9. The molecule has 2 aromatic carbocycles. The van der Waals surface area contributed by atoms with Crippen molar-refractivity contribution in [2.45, 2.75) is 33.1 Å². The number of hydrogen-bond donors (Lipinski definition) is 2. The number of rotatable bonds is 1. The van der Waals surface area contributed by atoms with Crippen LogP contribution in [0.4, 0.5) is 37.7 Å². The van der Waals surface area contributed by atoms with Gasteiger partial charge >= 0.3 is 30.2 Å². The zero-order chi connectivity index (χ0) is 26.9. The van der Waals surface area contributed by atoms with Crippen molar-refractivity contribution >= 4 is 61.1 Å². The molecule has 0 aromatic heterocycles. The molecule has 6 nitrogen and oxygen atoms in total. The summed E-state index contributed by atoms with van der Waals surface area (Å²) in [6.07, 6.45) is -9.95. The fourth-order valence-corrected chi connectivity index (χ4v) is 2.74. The van der Waals surface area contributed by atoms with E-state index in [1.54, 1.807) is 24.4 Å². The summed E-state index contributed by atoms with van der Waals surface area (Å²) >= 11 is 6.51. The summed E-state index contributed by atoms with van der Waals surface area (Å²) in [5.41, 5.74) is 8.24. The van der Waals surface area contributed by atoms with E-state index in [-0.39, 0.29) is 5.69 Å². The number of halogens is 8. The number of carbonyl (C=O) groups is 3. The third-order valence-electron chi connectivity index (χ3n) is 3.39. The number of hydrogen-bond acceptors (Lipinski definition) is 5. The normalized spacial score (nSPS) is 10.7. The topological polar surface area (TPSA) is 98.5 Å². The summed E-state index contributed by atoms with van der Waals surface area (Å²) in [7, 11) is 0. The third-order valence-corrected chi connectivity index (χ3v) is 4.38. The molecule has 0 aliphatic heterocycles. The van der Waals surface area contributed by atoms with Gasteiger partial charge in [0.2, 0.25) is 0 Å². The second-order valence-corrected chi connectivity index (χ2v) is 8.12. The Labute approximate surface area is 207 Å². The summed E-state index contributed by atoms with van der Waals surface area (Å²) in [6, 6.07) is 10.4. The highest BCUT2D eigenvalue weighted by atomic mass is 79.9. The van der Waals surface area contributed by atoms with Gasteiger partial charge in [-0.2, -0.15) is 26.3 Å². The number of aryl methyl sites for hydroxylation is 2. The number of amides is 1. The molecule has 3 N–H and O–H groups in total. The van der Waals surface area contributed by atoms with Crippen LogP contribution in [0.25, 0.3) is 0 Å². The fraction of sp³-hybridized carbons (Fsp3) is 0.250. The average Bonchev–Trinajstić information content (AvgIpc) is 2.66. The Morgan fingerprint density at radius 1 is 0.853 bits per heavy atom. The van der Waals surface area contributed by atoms with Crippen LogP contribution in [-0.4, -0.2) is 30.2 Å². The van der Waals surface area contributed by atoms with E-state index in [0.29, 0.717) is 12.5 Å². The van der Waals surface area contributed by atoms with Crippen LogP contribution in [0.2, 0.25) is 0 Å². The monoisotopic (exact) mass is 622 g/mol. The van der Waals surface area contributed by atoms with Gasteiger partial charge in [0.05, 0.1) is 0 Å². The minimum absolute atomic E-state index is 0.153. The molecule has 0 heterocycles. The lowest BCUT2D eigenvalue weighted by atomic mass is 10.2. The van der Waals surface area contributed by atoms with Gasteiger partial charge in [-0.05, 0) is 61.4 Å². The SMILES string of the molecule is CC(=O)OC(=O)C(F)(F)F.Cc1cc(Br)ccc1N.Cc1cc(Br)ccc1NC(=O)C(F)(F)F. The zero-order valence-electron chi connectivity index (χ0n) is 17.7. The number of anilines is 2. The van der Waals surface area contributed by atoms with Crippen LogP contribution in [0.3, 0.4) is 0 Å². The van der Waals surface area contributed by atoms with Gasteiger partial charge in [0, 0.05) is 27.2 Å². The van der Waals surface area contributed by atoms with Crippen molar-refractivity contribution in [3.8, 4) is 0 Å². The highest BCUT2D eigenvalue weighted by Gasteiger charge is 2.42. The first-order valence-corrected chi connectivity index (χ1v) is 10.4. The average molecular weight is 624 g/mol. The lowest BCUT2D eigenvalue weighted by molar-refractivity contribution is -0.201. The molecule has 2 rings (SSSR count). The molecule has 34 heavy (non-hydrogen) atoms. The van der Waals surface area contributed by atoms with E-state index in [4.69, 9.17) is 5.73 Å². The first-order chi connectivity index (χ1) is 15.3. The Balaban J connectivity index is 0.000000503. The van der Waals surface area contributed by atoms with Crippen molar-refractivity contribution in [3.63, 3.8) is 0 Å². The number of nitrogen functional groups attached to an aromatic ring is 1. The smallest absolute Gasteiger partial charge is 0.399 e. The molecule has 0 atom stereocenters. The number of carbonyl (C=O) groups excluding carboxylic acids is 3. The molecule has 2 aromatic rings. The minimum Gasteiger partial charge on any atom is -0.399 e. The number of alkyl halides is 6. The van der Waals surface area contributed by atoms with E-state index in [9.17, 15) is 40.7 Å².